The molecule has 5 heteroatoms. The number of carbonyl (C=O) groups is 1. The third-order valence-electron chi connectivity index (χ3n) is 2.19. The van der Waals surface area contributed by atoms with Gasteiger partial charge in [-0.15, -0.1) is 11.3 Å². The maximum atomic E-state index is 11.2. The van der Waals surface area contributed by atoms with Crippen molar-refractivity contribution < 1.29 is 4.79 Å². The van der Waals surface area contributed by atoms with Crippen LogP contribution >= 0.6 is 22.9 Å². The molecule has 0 aliphatic heterocycles. The standard InChI is InChI=1S/C11H17ClN2OS/c1-14(2)11(15)6-8-13-7-5-9-3-4-10(12)16-9/h3-4,13H,5-8H2,1-2H3. The Morgan fingerprint density at radius 3 is 2.75 bits per heavy atom. The molecule has 16 heavy (non-hydrogen) atoms. The summed E-state index contributed by atoms with van der Waals surface area (Å²) in [7, 11) is 3.55. The second kappa shape index (κ2) is 6.89. The SMILES string of the molecule is CN(C)C(=O)CCNCCc1ccc(Cl)s1. The van der Waals surface area contributed by atoms with Gasteiger partial charge < -0.3 is 10.2 Å². The molecule has 0 aliphatic rings. The lowest BCUT2D eigenvalue weighted by Gasteiger charge is -2.10. The molecular formula is C11H17ClN2OS. The van der Waals surface area contributed by atoms with Crippen LogP contribution in [-0.4, -0.2) is 38.0 Å². The molecule has 1 heterocycles. The largest absolute Gasteiger partial charge is 0.349 e. The Morgan fingerprint density at radius 1 is 1.44 bits per heavy atom. The van der Waals surface area contributed by atoms with E-state index in [-0.39, 0.29) is 5.91 Å². The van der Waals surface area contributed by atoms with E-state index in [1.165, 1.54) is 4.88 Å². The Bertz CT molecular complexity index is 338. The lowest BCUT2D eigenvalue weighted by Crippen LogP contribution is -2.27. The molecule has 0 atom stereocenters. The van der Waals surface area contributed by atoms with Crippen molar-refractivity contribution >= 4 is 28.8 Å². The van der Waals surface area contributed by atoms with E-state index in [4.69, 9.17) is 11.6 Å². The second-order valence-electron chi connectivity index (χ2n) is 3.74. The van der Waals surface area contributed by atoms with Crippen LogP contribution in [0.25, 0.3) is 0 Å². The molecule has 3 nitrogen and oxygen atoms in total. The molecule has 1 N–H and O–H groups in total. The summed E-state index contributed by atoms with van der Waals surface area (Å²) in [4.78, 5) is 14.1. The lowest BCUT2D eigenvalue weighted by atomic mass is 10.3. The number of carbonyl (C=O) groups excluding carboxylic acids is 1. The number of amides is 1. The van der Waals surface area contributed by atoms with Crippen LogP contribution in [0.3, 0.4) is 0 Å². The van der Waals surface area contributed by atoms with Crippen LogP contribution < -0.4 is 5.32 Å². The summed E-state index contributed by atoms with van der Waals surface area (Å²) < 4.78 is 0.831. The van der Waals surface area contributed by atoms with E-state index in [2.05, 4.69) is 5.32 Å². The van der Waals surface area contributed by atoms with Crippen molar-refractivity contribution in [2.75, 3.05) is 27.2 Å². The van der Waals surface area contributed by atoms with Crippen molar-refractivity contribution in [3.8, 4) is 0 Å². The van der Waals surface area contributed by atoms with Crippen molar-refractivity contribution in [1.82, 2.24) is 10.2 Å². The number of thiophene rings is 1. The molecule has 1 rings (SSSR count). The number of hydrogen-bond acceptors (Lipinski definition) is 3. The van der Waals surface area contributed by atoms with Gasteiger partial charge in [0.25, 0.3) is 0 Å². The van der Waals surface area contributed by atoms with Gasteiger partial charge in [-0.25, -0.2) is 0 Å². The maximum Gasteiger partial charge on any atom is 0.223 e. The van der Waals surface area contributed by atoms with Gasteiger partial charge in [-0.1, -0.05) is 11.6 Å². The van der Waals surface area contributed by atoms with Gasteiger partial charge in [0, 0.05) is 31.9 Å². The second-order valence-corrected chi connectivity index (χ2v) is 5.54. The fraction of sp³-hybridized carbons (Fsp3) is 0.545. The van der Waals surface area contributed by atoms with E-state index in [9.17, 15) is 4.79 Å². The molecule has 0 radical (unpaired) electrons. The first-order valence-electron chi connectivity index (χ1n) is 5.24. The number of nitrogens with one attached hydrogen (secondary N) is 1. The summed E-state index contributed by atoms with van der Waals surface area (Å²) in [6.07, 6.45) is 1.52. The van der Waals surface area contributed by atoms with Crippen LogP contribution in [0.4, 0.5) is 0 Å². The Kier molecular flexibility index (Phi) is 5.80. The first-order chi connectivity index (χ1) is 7.59. The topological polar surface area (TPSA) is 32.3 Å². The minimum absolute atomic E-state index is 0.159. The Labute approximate surface area is 105 Å². The Balaban J connectivity index is 2.06. The molecule has 0 saturated heterocycles. The fourth-order valence-corrected chi connectivity index (χ4v) is 2.33. The van der Waals surface area contributed by atoms with E-state index in [0.29, 0.717) is 6.42 Å². The van der Waals surface area contributed by atoms with Crippen LogP contribution in [0.15, 0.2) is 12.1 Å². The van der Waals surface area contributed by atoms with Crippen LogP contribution in [0.2, 0.25) is 4.34 Å². The lowest BCUT2D eigenvalue weighted by molar-refractivity contribution is -0.128. The van der Waals surface area contributed by atoms with Gasteiger partial charge in [0.2, 0.25) is 5.91 Å². The number of nitrogens with zero attached hydrogens (tertiary/aromatic N) is 1. The van der Waals surface area contributed by atoms with Crippen molar-refractivity contribution in [3.63, 3.8) is 0 Å². The highest BCUT2D eigenvalue weighted by Gasteiger charge is 2.02. The van der Waals surface area contributed by atoms with E-state index in [0.717, 1.165) is 23.8 Å². The summed E-state index contributed by atoms with van der Waals surface area (Å²) >= 11 is 7.43. The molecular weight excluding hydrogens is 244 g/mol. The molecule has 0 aromatic carbocycles. The number of rotatable bonds is 6. The van der Waals surface area contributed by atoms with E-state index >= 15 is 0 Å². The highest BCUT2D eigenvalue weighted by Crippen LogP contribution is 2.21. The monoisotopic (exact) mass is 260 g/mol. The van der Waals surface area contributed by atoms with Gasteiger partial charge >= 0.3 is 0 Å². The first-order valence-corrected chi connectivity index (χ1v) is 6.44. The quantitative estimate of drug-likeness (QED) is 0.794. The highest BCUT2D eigenvalue weighted by molar-refractivity contribution is 7.16. The highest BCUT2D eigenvalue weighted by atomic mass is 35.5. The maximum absolute atomic E-state index is 11.2. The zero-order valence-electron chi connectivity index (χ0n) is 9.62. The minimum atomic E-state index is 0.159. The van der Waals surface area contributed by atoms with E-state index < -0.39 is 0 Å². The van der Waals surface area contributed by atoms with Gasteiger partial charge in [0.15, 0.2) is 0 Å². The first kappa shape index (κ1) is 13.5. The minimum Gasteiger partial charge on any atom is -0.349 e. The molecule has 1 aromatic rings. The van der Waals surface area contributed by atoms with Gasteiger partial charge in [-0.2, -0.15) is 0 Å². The molecule has 1 aromatic heterocycles. The van der Waals surface area contributed by atoms with Crippen LogP contribution in [0, 0.1) is 0 Å². The van der Waals surface area contributed by atoms with Gasteiger partial charge in [-0.05, 0) is 25.1 Å². The molecule has 1 amide bonds. The number of hydrogen-bond donors (Lipinski definition) is 1. The third-order valence-corrected chi connectivity index (χ3v) is 3.48. The predicted octanol–water partition coefficient (Wildman–Crippen LogP) is 2.01. The third kappa shape index (κ3) is 4.96. The zero-order valence-corrected chi connectivity index (χ0v) is 11.2. The normalized spacial score (nSPS) is 10.4. The van der Waals surface area contributed by atoms with Crippen LogP contribution in [0.1, 0.15) is 11.3 Å². The summed E-state index contributed by atoms with van der Waals surface area (Å²) in [6, 6.07) is 3.96. The Morgan fingerprint density at radius 2 is 2.19 bits per heavy atom. The predicted molar refractivity (Wildman–Crippen MR) is 69.2 cm³/mol. The molecule has 0 saturated carbocycles. The van der Waals surface area contributed by atoms with Crippen molar-refractivity contribution in [1.29, 1.82) is 0 Å². The van der Waals surface area contributed by atoms with E-state index in [1.807, 2.05) is 12.1 Å². The van der Waals surface area contributed by atoms with Crippen molar-refractivity contribution in [2.45, 2.75) is 12.8 Å². The summed E-state index contributed by atoms with van der Waals surface area (Å²) in [6.45, 7) is 1.62. The molecule has 0 fully saturated rings. The summed E-state index contributed by atoms with van der Waals surface area (Å²) in [5.74, 6) is 0.159. The average Bonchev–Trinajstić information content (AvgIpc) is 2.63. The van der Waals surface area contributed by atoms with E-state index in [1.54, 1.807) is 30.3 Å². The van der Waals surface area contributed by atoms with Gasteiger partial charge in [-0.3, -0.25) is 4.79 Å². The van der Waals surface area contributed by atoms with Crippen LogP contribution in [0.5, 0.6) is 0 Å². The molecule has 0 unspecified atom stereocenters. The molecule has 0 spiro atoms. The van der Waals surface area contributed by atoms with Crippen LogP contribution in [-0.2, 0) is 11.2 Å². The Hall–Kier alpha value is -0.580. The smallest absolute Gasteiger partial charge is 0.223 e. The molecule has 0 aliphatic carbocycles. The molecule has 90 valence electrons. The fourth-order valence-electron chi connectivity index (χ4n) is 1.24. The van der Waals surface area contributed by atoms with Crippen molar-refractivity contribution in [2.24, 2.45) is 0 Å². The average molecular weight is 261 g/mol. The molecule has 0 bridgehead atoms. The van der Waals surface area contributed by atoms with Crippen molar-refractivity contribution in [3.05, 3.63) is 21.3 Å². The van der Waals surface area contributed by atoms with Gasteiger partial charge in [0.1, 0.15) is 0 Å². The number of halogens is 1. The summed E-state index contributed by atoms with van der Waals surface area (Å²) in [5.41, 5.74) is 0. The zero-order chi connectivity index (χ0) is 12.0. The van der Waals surface area contributed by atoms with Gasteiger partial charge in [0.05, 0.1) is 4.34 Å². The summed E-state index contributed by atoms with van der Waals surface area (Å²) in [5, 5.41) is 3.24.